The van der Waals surface area contributed by atoms with Gasteiger partial charge in [-0.3, -0.25) is 0 Å². The van der Waals surface area contributed by atoms with Crippen molar-refractivity contribution in [2.45, 2.75) is 19.3 Å². The van der Waals surface area contributed by atoms with Gasteiger partial charge >= 0.3 is 0 Å². The topological polar surface area (TPSA) is 22.4 Å². The molecule has 7 aromatic rings. The highest BCUT2D eigenvalue weighted by Crippen LogP contribution is 2.49. The highest BCUT2D eigenvalue weighted by atomic mass is 32.1. The van der Waals surface area contributed by atoms with E-state index < -0.39 is 0 Å². The first-order valence-electron chi connectivity index (χ1n) is 12.9. The second-order valence-electron chi connectivity index (χ2n) is 10.5. The molecule has 0 amide bonds. The lowest BCUT2D eigenvalue weighted by atomic mass is 9.75. The molecule has 0 aliphatic carbocycles. The van der Waals surface area contributed by atoms with Gasteiger partial charge in [0.05, 0.1) is 0 Å². The molecule has 1 aliphatic heterocycles. The molecule has 0 saturated carbocycles. The van der Waals surface area contributed by atoms with E-state index in [0.29, 0.717) is 0 Å². The molecule has 0 fully saturated rings. The Morgan fingerprint density at radius 3 is 2.39 bits per heavy atom. The number of benzene rings is 5. The third kappa shape index (κ3) is 3.06. The van der Waals surface area contributed by atoms with Crippen LogP contribution in [0.5, 0.6) is 11.5 Å². The van der Waals surface area contributed by atoms with Crippen molar-refractivity contribution in [3.63, 3.8) is 0 Å². The van der Waals surface area contributed by atoms with Gasteiger partial charge in [0.25, 0.3) is 0 Å². The molecule has 3 heteroatoms. The standard InChI is InChI=1S/C35H24O2S/c1-35(2)26-11-5-6-12-28(26)36-30-20-22(15-17-27(30)35)31-18-19-32(38-31)24-10-7-13-29-33(24)25-16-14-21-8-3-4-9-23(21)34(25)37-29/h3-20H,1-2H3. The Morgan fingerprint density at radius 2 is 1.45 bits per heavy atom. The van der Waals surface area contributed by atoms with Gasteiger partial charge in [-0.1, -0.05) is 86.6 Å². The van der Waals surface area contributed by atoms with Crippen LogP contribution in [0.4, 0.5) is 0 Å². The summed E-state index contributed by atoms with van der Waals surface area (Å²) in [6.45, 7) is 4.55. The maximum absolute atomic E-state index is 6.42. The van der Waals surface area contributed by atoms with Crippen LogP contribution in [-0.2, 0) is 5.41 Å². The first-order valence-corrected chi connectivity index (χ1v) is 13.7. The Kier molecular flexibility index (Phi) is 4.48. The molecule has 0 unspecified atom stereocenters. The smallest absolute Gasteiger partial charge is 0.143 e. The van der Waals surface area contributed by atoms with Crippen molar-refractivity contribution in [1.82, 2.24) is 0 Å². The number of ether oxygens (including phenoxy) is 1. The van der Waals surface area contributed by atoms with E-state index in [0.717, 1.165) is 33.4 Å². The summed E-state index contributed by atoms with van der Waals surface area (Å²) in [6.07, 6.45) is 0. The maximum atomic E-state index is 6.42. The van der Waals surface area contributed by atoms with Crippen LogP contribution in [0.15, 0.2) is 114 Å². The Labute approximate surface area is 224 Å². The SMILES string of the molecule is CC1(C)c2ccccc2Oc2cc(-c3ccc(-c4cccc5oc6c7ccccc7ccc6c45)s3)ccc21. The monoisotopic (exact) mass is 508 g/mol. The summed E-state index contributed by atoms with van der Waals surface area (Å²) >= 11 is 1.81. The zero-order valence-corrected chi connectivity index (χ0v) is 21.9. The molecule has 2 nitrogen and oxygen atoms in total. The zero-order valence-electron chi connectivity index (χ0n) is 21.1. The molecular weight excluding hydrogens is 484 g/mol. The minimum absolute atomic E-state index is 0.106. The first kappa shape index (κ1) is 21.7. The van der Waals surface area contributed by atoms with E-state index in [1.807, 2.05) is 17.4 Å². The number of para-hydroxylation sites is 1. The Morgan fingerprint density at radius 1 is 0.632 bits per heavy atom. The Bertz CT molecular complexity index is 2040. The second kappa shape index (κ2) is 7.83. The lowest BCUT2D eigenvalue weighted by Gasteiger charge is -2.34. The minimum atomic E-state index is -0.106. The number of thiophene rings is 1. The molecule has 38 heavy (non-hydrogen) atoms. The van der Waals surface area contributed by atoms with Crippen molar-refractivity contribution in [2.75, 3.05) is 0 Å². The van der Waals surface area contributed by atoms with Crippen LogP contribution >= 0.6 is 11.3 Å². The largest absolute Gasteiger partial charge is 0.457 e. The summed E-state index contributed by atoms with van der Waals surface area (Å²) in [7, 11) is 0. The van der Waals surface area contributed by atoms with E-state index in [4.69, 9.17) is 9.15 Å². The molecule has 0 spiro atoms. The average Bonchev–Trinajstić information content (AvgIpc) is 3.58. The van der Waals surface area contributed by atoms with Crippen molar-refractivity contribution in [1.29, 1.82) is 0 Å². The molecule has 5 aromatic carbocycles. The number of hydrogen-bond acceptors (Lipinski definition) is 3. The van der Waals surface area contributed by atoms with Gasteiger partial charge < -0.3 is 9.15 Å². The molecule has 0 N–H and O–H groups in total. The van der Waals surface area contributed by atoms with Gasteiger partial charge in [0.15, 0.2) is 0 Å². The van der Waals surface area contributed by atoms with Crippen LogP contribution < -0.4 is 4.74 Å². The van der Waals surface area contributed by atoms with Gasteiger partial charge in [-0.15, -0.1) is 11.3 Å². The van der Waals surface area contributed by atoms with Crippen LogP contribution in [0.2, 0.25) is 0 Å². The average molecular weight is 509 g/mol. The summed E-state index contributed by atoms with van der Waals surface area (Å²) in [5.74, 6) is 1.89. The Balaban J connectivity index is 1.24. The molecular formula is C35H24O2S. The number of fused-ring (bicyclic) bond motifs is 7. The van der Waals surface area contributed by atoms with E-state index in [-0.39, 0.29) is 5.41 Å². The highest BCUT2D eigenvalue weighted by molar-refractivity contribution is 7.19. The predicted octanol–water partition coefficient (Wildman–Crippen LogP) is 10.6. The normalized spacial score (nSPS) is 13.9. The molecule has 0 saturated heterocycles. The van der Waals surface area contributed by atoms with E-state index in [9.17, 15) is 0 Å². The van der Waals surface area contributed by atoms with Gasteiger partial charge in [-0.25, -0.2) is 0 Å². The summed E-state index contributed by atoms with van der Waals surface area (Å²) in [5.41, 5.74) is 6.60. The number of rotatable bonds is 2. The Hall–Kier alpha value is -4.34. The van der Waals surface area contributed by atoms with E-state index in [1.165, 1.54) is 42.8 Å². The molecule has 1 aliphatic rings. The van der Waals surface area contributed by atoms with Gasteiger partial charge in [0, 0.05) is 48.0 Å². The van der Waals surface area contributed by atoms with Crippen LogP contribution in [0, 0.1) is 0 Å². The van der Waals surface area contributed by atoms with Gasteiger partial charge in [-0.2, -0.15) is 0 Å². The molecule has 0 atom stereocenters. The molecule has 0 radical (unpaired) electrons. The van der Waals surface area contributed by atoms with Crippen molar-refractivity contribution in [3.05, 3.63) is 120 Å². The number of hydrogen-bond donors (Lipinski definition) is 0. The highest BCUT2D eigenvalue weighted by Gasteiger charge is 2.34. The van der Waals surface area contributed by atoms with Gasteiger partial charge in [0.1, 0.15) is 22.7 Å². The van der Waals surface area contributed by atoms with Crippen molar-refractivity contribution in [2.24, 2.45) is 0 Å². The molecule has 182 valence electrons. The van der Waals surface area contributed by atoms with Crippen LogP contribution in [0.3, 0.4) is 0 Å². The van der Waals surface area contributed by atoms with E-state index in [1.54, 1.807) is 0 Å². The first-order chi connectivity index (χ1) is 18.6. The minimum Gasteiger partial charge on any atom is -0.457 e. The van der Waals surface area contributed by atoms with Crippen molar-refractivity contribution < 1.29 is 9.15 Å². The van der Waals surface area contributed by atoms with Crippen LogP contribution in [-0.4, -0.2) is 0 Å². The second-order valence-corrected chi connectivity index (χ2v) is 11.6. The van der Waals surface area contributed by atoms with E-state index >= 15 is 0 Å². The van der Waals surface area contributed by atoms with Crippen LogP contribution in [0.25, 0.3) is 53.6 Å². The third-order valence-electron chi connectivity index (χ3n) is 7.98. The lowest BCUT2D eigenvalue weighted by molar-refractivity contribution is 0.418. The maximum Gasteiger partial charge on any atom is 0.143 e. The van der Waals surface area contributed by atoms with Crippen LogP contribution in [0.1, 0.15) is 25.0 Å². The predicted molar refractivity (Wildman–Crippen MR) is 159 cm³/mol. The van der Waals surface area contributed by atoms with Gasteiger partial charge in [-0.05, 0) is 47.3 Å². The fourth-order valence-electron chi connectivity index (χ4n) is 6.01. The fourth-order valence-corrected chi connectivity index (χ4v) is 7.04. The number of furan rings is 1. The molecule has 2 aromatic heterocycles. The summed E-state index contributed by atoms with van der Waals surface area (Å²) in [6, 6.07) is 38.6. The van der Waals surface area contributed by atoms with Crippen molar-refractivity contribution in [3.8, 4) is 32.4 Å². The molecule has 8 rings (SSSR count). The summed E-state index contributed by atoms with van der Waals surface area (Å²) < 4.78 is 12.8. The summed E-state index contributed by atoms with van der Waals surface area (Å²) in [4.78, 5) is 2.45. The zero-order chi connectivity index (χ0) is 25.4. The summed E-state index contributed by atoms with van der Waals surface area (Å²) in [5, 5.41) is 4.68. The quantitative estimate of drug-likeness (QED) is 0.232. The molecule has 0 bridgehead atoms. The van der Waals surface area contributed by atoms with Crippen molar-refractivity contribution >= 4 is 44.0 Å². The van der Waals surface area contributed by atoms with Gasteiger partial charge in [0.2, 0.25) is 0 Å². The fraction of sp³-hybridized carbons (Fsp3) is 0.0857. The van der Waals surface area contributed by atoms with E-state index in [2.05, 4.69) is 117 Å². The third-order valence-corrected chi connectivity index (χ3v) is 9.15. The molecule has 3 heterocycles. The lowest BCUT2D eigenvalue weighted by Crippen LogP contribution is -2.24.